The third kappa shape index (κ3) is 4.20. The first kappa shape index (κ1) is 10.9. The largest absolute Gasteiger partial charge is 0.459 e. The van der Waals surface area contributed by atoms with Crippen LogP contribution in [-0.2, 0) is 20.9 Å². The molecule has 1 rings (SSSR count). The fourth-order valence-corrected chi connectivity index (χ4v) is 1.17. The summed E-state index contributed by atoms with van der Waals surface area (Å²) in [6.45, 7) is 0.389. The lowest BCUT2D eigenvalue weighted by atomic mass is 10.2. The maximum Gasteiger partial charge on any atom is 0.332 e. The number of ether oxygens (including phenoxy) is 2. The summed E-state index contributed by atoms with van der Waals surface area (Å²) < 4.78 is 9.95. The lowest BCUT2D eigenvalue weighted by Crippen LogP contribution is -2.13. The van der Waals surface area contributed by atoms with Crippen LogP contribution >= 0.6 is 0 Å². The van der Waals surface area contributed by atoms with Crippen LogP contribution in [0.25, 0.3) is 0 Å². The summed E-state index contributed by atoms with van der Waals surface area (Å²) in [6.07, 6.45) is 0.667. The van der Waals surface area contributed by atoms with Gasteiger partial charge in [0.25, 0.3) is 0 Å². The highest BCUT2D eigenvalue weighted by molar-refractivity contribution is 6.08. The van der Waals surface area contributed by atoms with Gasteiger partial charge in [-0.2, -0.15) is 0 Å². The van der Waals surface area contributed by atoms with Crippen molar-refractivity contribution < 1.29 is 14.3 Å². The van der Waals surface area contributed by atoms with Crippen LogP contribution in [0, 0.1) is 0 Å². The number of hydrogen-bond donors (Lipinski definition) is 0. The third-order valence-corrected chi connectivity index (χ3v) is 2.07. The molecular weight excluding hydrogens is 196 g/mol. The minimum Gasteiger partial charge on any atom is -0.459 e. The standard InChI is InChI=1S/C10H14O3Si/c11-10(7-12-8-14)13-6-9-4-2-1-3-5-9/h1-5H,6-8H2,14H3. The van der Waals surface area contributed by atoms with Crippen molar-refractivity contribution in [3.8, 4) is 0 Å². The molecule has 0 spiro atoms. The van der Waals surface area contributed by atoms with Gasteiger partial charge in [0.2, 0.25) is 0 Å². The van der Waals surface area contributed by atoms with Crippen LogP contribution in [-0.4, -0.2) is 29.0 Å². The fourth-order valence-electron chi connectivity index (χ4n) is 0.965. The molecule has 0 N–H and O–H groups in total. The summed E-state index contributed by atoms with van der Waals surface area (Å²) in [4.78, 5) is 11.0. The lowest BCUT2D eigenvalue weighted by Gasteiger charge is -2.04. The van der Waals surface area contributed by atoms with Gasteiger partial charge in [0.05, 0.1) is 0 Å². The average Bonchev–Trinajstić information content (AvgIpc) is 2.25. The first-order valence-electron chi connectivity index (χ1n) is 4.60. The summed E-state index contributed by atoms with van der Waals surface area (Å²) in [6, 6.07) is 9.59. The van der Waals surface area contributed by atoms with Gasteiger partial charge in [-0.05, 0) is 5.56 Å². The molecule has 0 saturated heterocycles. The molecule has 0 unspecified atom stereocenters. The summed E-state index contributed by atoms with van der Waals surface area (Å²) >= 11 is 0. The van der Waals surface area contributed by atoms with Gasteiger partial charge in [0.1, 0.15) is 13.2 Å². The average molecular weight is 210 g/mol. The number of benzene rings is 1. The van der Waals surface area contributed by atoms with E-state index in [4.69, 9.17) is 9.47 Å². The Balaban J connectivity index is 2.24. The highest BCUT2D eigenvalue weighted by Crippen LogP contribution is 2.00. The normalized spacial score (nSPS) is 10.0. The zero-order valence-corrected chi connectivity index (χ0v) is 10.2. The molecule has 0 radical (unpaired) electrons. The van der Waals surface area contributed by atoms with Gasteiger partial charge < -0.3 is 9.47 Å². The van der Waals surface area contributed by atoms with E-state index < -0.39 is 0 Å². The molecular formula is C10H14O3Si. The van der Waals surface area contributed by atoms with Gasteiger partial charge in [-0.15, -0.1) is 0 Å². The Morgan fingerprint density at radius 3 is 2.64 bits per heavy atom. The monoisotopic (exact) mass is 210 g/mol. The summed E-state index contributed by atoms with van der Waals surface area (Å²) in [5.74, 6) is -0.301. The Morgan fingerprint density at radius 2 is 2.00 bits per heavy atom. The zero-order chi connectivity index (χ0) is 10.2. The van der Waals surface area contributed by atoms with E-state index in [9.17, 15) is 4.79 Å². The highest BCUT2D eigenvalue weighted by atomic mass is 28.1. The van der Waals surface area contributed by atoms with Crippen molar-refractivity contribution in [2.75, 3.05) is 12.8 Å². The van der Waals surface area contributed by atoms with Gasteiger partial charge >= 0.3 is 5.97 Å². The summed E-state index contributed by atoms with van der Waals surface area (Å²) in [5, 5.41) is 0. The van der Waals surface area contributed by atoms with Crippen molar-refractivity contribution in [2.24, 2.45) is 0 Å². The van der Waals surface area contributed by atoms with Crippen LogP contribution in [0.4, 0.5) is 0 Å². The maximum atomic E-state index is 11.0. The molecule has 0 heterocycles. The van der Waals surface area contributed by atoms with Crippen LogP contribution in [0.15, 0.2) is 30.3 Å². The van der Waals surface area contributed by atoms with E-state index in [0.717, 1.165) is 15.8 Å². The third-order valence-electron chi connectivity index (χ3n) is 1.67. The Hall–Kier alpha value is -1.13. The quantitative estimate of drug-likeness (QED) is 0.509. The van der Waals surface area contributed by atoms with Crippen LogP contribution in [0.1, 0.15) is 5.56 Å². The predicted octanol–water partition coefficient (Wildman–Crippen LogP) is 0.0693. The van der Waals surface area contributed by atoms with Crippen molar-refractivity contribution in [1.82, 2.24) is 0 Å². The Labute approximate surface area is 86.5 Å². The number of hydrogen-bond acceptors (Lipinski definition) is 3. The van der Waals surface area contributed by atoms with E-state index in [2.05, 4.69) is 0 Å². The number of carbonyl (C=O) groups excluding carboxylic acids is 1. The minimum atomic E-state index is -0.301. The Morgan fingerprint density at radius 1 is 1.29 bits per heavy atom. The number of carbonyl (C=O) groups is 1. The van der Waals surface area contributed by atoms with Crippen molar-refractivity contribution >= 4 is 16.2 Å². The van der Waals surface area contributed by atoms with Crippen LogP contribution in [0.5, 0.6) is 0 Å². The van der Waals surface area contributed by atoms with E-state index in [1.54, 1.807) is 0 Å². The van der Waals surface area contributed by atoms with E-state index in [0.29, 0.717) is 12.8 Å². The van der Waals surface area contributed by atoms with Crippen LogP contribution in [0.2, 0.25) is 0 Å². The van der Waals surface area contributed by atoms with Crippen LogP contribution in [0.3, 0.4) is 0 Å². The van der Waals surface area contributed by atoms with E-state index in [1.807, 2.05) is 30.3 Å². The van der Waals surface area contributed by atoms with E-state index in [-0.39, 0.29) is 12.6 Å². The minimum absolute atomic E-state index is 0.0658. The molecule has 0 aliphatic carbocycles. The maximum absolute atomic E-state index is 11.0. The highest BCUT2D eigenvalue weighted by Gasteiger charge is 2.01. The topological polar surface area (TPSA) is 35.5 Å². The SMILES string of the molecule is O=C(COC[SiH3])OCc1ccccc1. The molecule has 0 amide bonds. The van der Waals surface area contributed by atoms with Crippen molar-refractivity contribution in [2.45, 2.75) is 6.61 Å². The first-order valence-corrected chi connectivity index (χ1v) is 6.01. The van der Waals surface area contributed by atoms with E-state index in [1.165, 1.54) is 0 Å². The Kier molecular flexibility index (Phi) is 4.96. The summed E-state index contributed by atoms with van der Waals surface area (Å²) in [5.41, 5.74) is 0.992. The van der Waals surface area contributed by atoms with Crippen LogP contribution < -0.4 is 0 Å². The second-order valence-corrected chi connectivity index (χ2v) is 3.36. The smallest absolute Gasteiger partial charge is 0.332 e. The molecule has 1 aromatic carbocycles. The molecule has 0 bridgehead atoms. The van der Waals surface area contributed by atoms with Gasteiger partial charge in [-0.1, -0.05) is 30.3 Å². The van der Waals surface area contributed by atoms with Crippen molar-refractivity contribution in [1.29, 1.82) is 0 Å². The molecule has 0 aliphatic heterocycles. The van der Waals surface area contributed by atoms with E-state index >= 15 is 0 Å². The van der Waals surface area contributed by atoms with Crippen molar-refractivity contribution in [3.05, 3.63) is 35.9 Å². The molecule has 0 aliphatic rings. The number of rotatable bonds is 5. The molecule has 0 aromatic heterocycles. The molecule has 0 saturated carbocycles. The van der Waals surface area contributed by atoms with Gasteiger partial charge in [-0.25, -0.2) is 4.79 Å². The zero-order valence-electron chi connectivity index (χ0n) is 8.23. The summed E-state index contributed by atoms with van der Waals surface area (Å²) in [7, 11) is 0.944. The Bertz CT molecular complexity index is 274. The lowest BCUT2D eigenvalue weighted by molar-refractivity contribution is -0.149. The molecule has 1 aromatic rings. The molecule has 76 valence electrons. The molecule has 14 heavy (non-hydrogen) atoms. The van der Waals surface area contributed by atoms with Gasteiger partial charge in [0, 0.05) is 16.5 Å². The predicted molar refractivity (Wildman–Crippen MR) is 57.0 cm³/mol. The molecule has 0 atom stereocenters. The van der Waals surface area contributed by atoms with Gasteiger partial charge in [-0.3, -0.25) is 0 Å². The second kappa shape index (κ2) is 6.34. The number of esters is 1. The molecule has 4 heteroatoms. The first-order chi connectivity index (χ1) is 6.83. The second-order valence-electron chi connectivity index (χ2n) is 2.78. The van der Waals surface area contributed by atoms with Gasteiger partial charge in [0.15, 0.2) is 0 Å². The molecule has 3 nitrogen and oxygen atoms in total. The fraction of sp³-hybridized carbons (Fsp3) is 0.300. The molecule has 0 fully saturated rings. The van der Waals surface area contributed by atoms with Crippen molar-refractivity contribution in [3.63, 3.8) is 0 Å².